The second-order valence-corrected chi connectivity index (χ2v) is 3.39. The largest absolute Gasteiger partial charge is 0.391 e. The molecule has 0 amide bonds. The summed E-state index contributed by atoms with van der Waals surface area (Å²) < 4.78 is 0. The van der Waals surface area contributed by atoms with E-state index in [1.807, 2.05) is 36.4 Å². The van der Waals surface area contributed by atoms with Gasteiger partial charge in [-0.05, 0) is 30.9 Å². The molecular weight excluding hydrogens is 198 g/mol. The van der Waals surface area contributed by atoms with E-state index in [2.05, 4.69) is 17.5 Å². The minimum Gasteiger partial charge on any atom is -0.391 e. The monoisotopic (exact) mass is 215 g/mol. The van der Waals surface area contributed by atoms with Crippen LogP contribution in [0.1, 0.15) is 24.8 Å². The zero-order valence-electron chi connectivity index (χ0n) is 9.43. The molecule has 2 heteroatoms. The van der Waals surface area contributed by atoms with E-state index in [0.29, 0.717) is 6.61 Å². The summed E-state index contributed by atoms with van der Waals surface area (Å²) in [5.41, 5.74) is 3.87. The number of oxime groups is 1. The Morgan fingerprint density at radius 3 is 2.81 bits per heavy atom. The Bertz CT molecular complexity index is 350. The first-order chi connectivity index (χ1) is 7.93. The van der Waals surface area contributed by atoms with Gasteiger partial charge in [-0.1, -0.05) is 42.1 Å². The van der Waals surface area contributed by atoms with Gasteiger partial charge in [0.1, 0.15) is 6.61 Å². The fourth-order valence-electron chi connectivity index (χ4n) is 1.20. The van der Waals surface area contributed by atoms with Gasteiger partial charge in [0.15, 0.2) is 0 Å². The molecule has 1 aromatic rings. The Morgan fingerprint density at radius 2 is 2.06 bits per heavy atom. The zero-order chi connectivity index (χ0) is 11.5. The summed E-state index contributed by atoms with van der Waals surface area (Å²) in [5, 5.41) is 3.89. The van der Waals surface area contributed by atoms with Crippen LogP contribution >= 0.6 is 0 Å². The molecule has 0 aliphatic rings. The summed E-state index contributed by atoms with van der Waals surface area (Å²) in [5.74, 6) is 0. The molecule has 1 aromatic carbocycles. The van der Waals surface area contributed by atoms with E-state index in [1.54, 1.807) is 6.21 Å². The van der Waals surface area contributed by atoms with Gasteiger partial charge < -0.3 is 4.84 Å². The summed E-state index contributed by atoms with van der Waals surface area (Å²) in [6.45, 7) is 4.03. The van der Waals surface area contributed by atoms with Crippen LogP contribution in [0.5, 0.6) is 0 Å². The predicted molar refractivity (Wildman–Crippen MR) is 67.3 cm³/mol. The van der Waals surface area contributed by atoms with Crippen LogP contribution in [0, 0.1) is 0 Å². The SMILES string of the molecule is C=C=CCCC/C=N/OCc1ccccc1. The van der Waals surface area contributed by atoms with Crippen molar-refractivity contribution in [3.63, 3.8) is 0 Å². The Kier molecular flexibility index (Phi) is 6.53. The third-order valence-electron chi connectivity index (χ3n) is 2.05. The summed E-state index contributed by atoms with van der Waals surface area (Å²) in [6, 6.07) is 10.0. The topological polar surface area (TPSA) is 21.6 Å². The third-order valence-corrected chi connectivity index (χ3v) is 2.05. The van der Waals surface area contributed by atoms with Crippen molar-refractivity contribution >= 4 is 6.21 Å². The Balaban J connectivity index is 2.07. The van der Waals surface area contributed by atoms with Gasteiger partial charge in [0.25, 0.3) is 0 Å². The number of unbranched alkanes of at least 4 members (excludes halogenated alkanes) is 2. The molecule has 16 heavy (non-hydrogen) atoms. The Labute approximate surface area is 96.9 Å². The van der Waals surface area contributed by atoms with Crippen LogP contribution in [0.4, 0.5) is 0 Å². The van der Waals surface area contributed by atoms with E-state index in [1.165, 1.54) is 0 Å². The molecule has 0 N–H and O–H groups in total. The van der Waals surface area contributed by atoms with Gasteiger partial charge in [0, 0.05) is 6.21 Å². The highest BCUT2D eigenvalue weighted by Crippen LogP contribution is 2.00. The summed E-state index contributed by atoms with van der Waals surface area (Å²) >= 11 is 0. The van der Waals surface area contributed by atoms with E-state index in [-0.39, 0.29) is 0 Å². The van der Waals surface area contributed by atoms with E-state index in [4.69, 9.17) is 4.84 Å². The smallest absolute Gasteiger partial charge is 0.142 e. The fraction of sp³-hybridized carbons (Fsp3) is 0.286. The molecule has 1 rings (SSSR count). The normalized spacial score (nSPS) is 10.0. The maximum Gasteiger partial charge on any atom is 0.142 e. The molecule has 0 atom stereocenters. The third kappa shape index (κ3) is 5.84. The van der Waals surface area contributed by atoms with Crippen molar-refractivity contribution in [2.75, 3.05) is 0 Å². The number of hydrogen-bond acceptors (Lipinski definition) is 2. The molecule has 84 valence electrons. The molecule has 0 aliphatic carbocycles. The average Bonchev–Trinajstić information content (AvgIpc) is 2.34. The first kappa shape index (κ1) is 12.3. The second-order valence-electron chi connectivity index (χ2n) is 3.39. The van der Waals surface area contributed by atoms with Gasteiger partial charge >= 0.3 is 0 Å². The van der Waals surface area contributed by atoms with E-state index >= 15 is 0 Å². The van der Waals surface area contributed by atoms with Crippen molar-refractivity contribution in [3.05, 3.63) is 54.3 Å². The number of benzene rings is 1. The summed E-state index contributed by atoms with van der Waals surface area (Å²) in [7, 11) is 0. The van der Waals surface area contributed by atoms with Gasteiger partial charge in [-0.25, -0.2) is 0 Å². The first-order valence-corrected chi connectivity index (χ1v) is 5.45. The second kappa shape index (κ2) is 8.51. The molecule has 0 saturated heterocycles. The Hall–Kier alpha value is -1.79. The van der Waals surface area contributed by atoms with E-state index < -0.39 is 0 Å². The van der Waals surface area contributed by atoms with Crippen LogP contribution in [0.2, 0.25) is 0 Å². The lowest BCUT2D eigenvalue weighted by Gasteiger charge is -1.98. The Morgan fingerprint density at radius 1 is 1.25 bits per heavy atom. The molecule has 0 aliphatic heterocycles. The van der Waals surface area contributed by atoms with Gasteiger partial charge in [0.05, 0.1) is 0 Å². The fourth-order valence-corrected chi connectivity index (χ4v) is 1.20. The number of hydrogen-bond donors (Lipinski definition) is 0. The van der Waals surface area contributed by atoms with Gasteiger partial charge in [-0.3, -0.25) is 0 Å². The van der Waals surface area contributed by atoms with Crippen molar-refractivity contribution < 1.29 is 4.84 Å². The van der Waals surface area contributed by atoms with Crippen LogP contribution in [-0.2, 0) is 11.4 Å². The highest BCUT2D eigenvalue weighted by Gasteiger charge is 1.88. The molecule has 0 unspecified atom stereocenters. The first-order valence-electron chi connectivity index (χ1n) is 5.45. The molecule has 0 fully saturated rings. The number of allylic oxidation sites excluding steroid dienone is 1. The predicted octanol–water partition coefficient (Wildman–Crippen LogP) is 3.70. The molecule has 0 saturated carbocycles. The van der Waals surface area contributed by atoms with E-state index in [9.17, 15) is 0 Å². The lowest BCUT2D eigenvalue weighted by Crippen LogP contribution is -1.86. The molecule has 0 radical (unpaired) electrons. The van der Waals surface area contributed by atoms with Gasteiger partial charge in [0.2, 0.25) is 0 Å². The minimum atomic E-state index is 0.532. The zero-order valence-corrected chi connectivity index (χ0v) is 9.43. The van der Waals surface area contributed by atoms with Crippen molar-refractivity contribution in [1.82, 2.24) is 0 Å². The molecule has 0 bridgehead atoms. The molecular formula is C14H17NO. The average molecular weight is 215 g/mol. The molecule has 0 heterocycles. The van der Waals surface area contributed by atoms with Crippen molar-refractivity contribution in [3.8, 4) is 0 Å². The van der Waals surface area contributed by atoms with E-state index in [0.717, 1.165) is 24.8 Å². The maximum absolute atomic E-state index is 5.16. The van der Waals surface area contributed by atoms with Gasteiger partial charge in [-0.15, -0.1) is 5.73 Å². The van der Waals surface area contributed by atoms with Crippen LogP contribution < -0.4 is 0 Å². The quantitative estimate of drug-likeness (QED) is 0.294. The summed E-state index contributed by atoms with van der Waals surface area (Å²) in [6.07, 6.45) is 6.71. The molecule has 2 nitrogen and oxygen atoms in total. The van der Waals surface area contributed by atoms with Gasteiger partial charge in [-0.2, -0.15) is 0 Å². The van der Waals surface area contributed by atoms with Crippen LogP contribution in [0.25, 0.3) is 0 Å². The standard InChI is InChI=1S/C14H17NO/c1-2-3-4-5-9-12-15-16-13-14-10-7-6-8-11-14/h3,6-8,10-12H,1,4-5,9,13H2/b15-12+. The highest BCUT2D eigenvalue weighted by molar-refractivity contribution is 5.56. The molecule has 0 spiro atoms. The highest BCUT2D eigenvalue weighted by atomic mass is 16.6. The van der Waals surface area contributed by atoms with Crippen molar-refractivity contribution in [2.45, 2.75) is 25.9 Å². The lowest BCUT2D eigenvalue weighted by atomic mass is 10.2. The summed E-state index contributed by atoms with van der Waals surface area (Å²) in [4.78, 5) is 5.16. The van der Waals surface area contributed by atoms with Crippen molar-refractivity contribution in [1.29, 1.82) is 0 Å². The maximum atomic E-state index is 5.16. The number of rotatable bonds is 7. The van der Waals surface area contributed by atoms with Crippen LogP contribution in [0.3, 0.4) is 0 Å². The van der Waals surface area contributed by atoms with Crippen molar-refractivity contribution in [2.24, 2.45) is 5.16 Å². The minimum absolute atomic E-state index is 0.532. The van der Waals surface area contributed by atoms with Crippen LogP contribution in [0.15, 0.2) is 53.9 Å². The number of nitrogens with zero attached hydrogens (tertiary/aromatic N) is 1. The lowest BCUT2D eigenvalue weighted by molar-refractivity contribution is 0.131. The van der Waals surface area contributed by atoms with Crippen LogP contribution in [-0.4, -0.2) is 6.21 Å². The molecule has 0 aromatic heterocycles.